The molecule has 1 aliphatic carbocycles. The summed E-state index contributed by atoms with van der Waals surface area (Å²) >= 11 is 0. The van der Waals surface area contributed by atoms with Gasteiger partial charge in [-0.05, 0) is 18.9 Å². The van der Waals surface area contributed by atoms with Crippen LogP contribution >= 0.6 is 0 Å². The highest BCUT2D eigenvalue weighted by Crippen LogP contribution is 2.39. The Hall–Kier alpha value is -2.08. The fraction of sp³-hybridized carbons (Fsp3) is 0.467. The Bertz CT molecular complexity index is 643. The van der Waals surface area contributed by atoms with Gasteiger partial charge in [-0.2, -0.15) is 0 Å². The molecule has 0 amide bonds. The Labute approximate surface area is 123 Å². The van der Waals surface area contributed by atoms with Gasteiger partial charge in [-0.15, -0.1) is 0 Å². The smallest absolute Gasteiger partial charge is 0.147 e. The Balaban J connectivity index is 1.66. The summed E-state index contributed by atoms with van der Waals surface area (Å²) in [4.78, 5) is 11.1. The first-order valence-corrected chi connectivity index (χ1v) is 7.44. The summed E-state index contributed by atoms with van der Waals surface area (Å²) in [6, 6.07) is 2.09. The minimum absolute atomic E-state index is 0.534. The van der Waals surface area contributed by atoms with E-state index in [1.807, 2.05) is 17.1 Å². The van der Waals surface area contributed by atoms with Crippen LogP contribution in [0.1, 0.15) is 24.5 Å². The van der Waals surface area contributed by atoms with E-state index in [4.69, 9.17) is 10.5 Å². The van der Waals surface area contributed by atoms with E-state index in [-0.39, 0.29) is 0 Å². The summed E-state index contributed by atoms with van der Waals surface area (Å²) in [5.41, 5.74) is 9.20. The van der Waals surface area contributed by atoms with Crippen LogP contribution in [0.4, 0.5) is 11.5 Å². The van der Waals surface area contributed by atoms with E-state index >= 15 is 0 Å². The Morgan fingerprint density at radius 1 is 1.19 bits per heavy atom. The number of rotatable bonds is 3. The molecule has 2 fully saturated rings. The molecule has 0 spiro atoms. The molecule has 2 aliphatic rings. The number of pyridine rings is 1. The maximum Gasteiger partial charge on any atom is 0.147 e. The number of aromatic nitrogens is 3. The lowest BCUT2D eigenvalue weighted by molar-refractivity contribution is 0.122. The standard InChI is InChI=1S/C15H19N5O/c16-15-14(20-9-13(18-10-20)11-1-2-11)7-12(8-17-15)19-3-5-21-6-4-19/h7-11H,1-6H2,(H2,16,17). The first kappa shape index (κ1) is 12.6. The van der Waals surface area contributed by atoms with E-state index in [9.17, 15) is 0 Å². The lowest BCUT2D eigenvalue weighted by atomic mass is 10.3. The van der Waals surface area contributed by atoms with Crippen molar-refractivity contribution in [3.05, 3.63) is 30.5 Å². The molecule has 4 rings (SSSR count). The third-order valence-corrected chi connectivity index (χ3v) is 4.14. The molecule has 2 N–H and O–H groups in total. The second-order valence-electron chi connectivity index (χ2n) is 5.68. The average molecular weight is 285 g/mol. The molecule has 0 bridgehead atoms. The zero-order valence-electron chi connectivity index (χ0n) is 11.9. The minimum Gasteiger partial charge on any atom is -0.382 e. The molecule has 21 heavy (non-hydrogen) atoms. The first-order chi connectivity index (χ1) is 10.3. The predicted molar refractivity (Wildman–Crippen MR) is 80.8 cm³/mol. The summed E-state index contributed by atoms with van der Waals surface area (Å²) in [7, 11) is 0. The second-order valence-corrected chi connectivity index (χ2v) is 5.68. The number of anilines is 2. The Morgan fingerprint density at radius 2 is 2.00 bits per heavy atom. The van der Waals surface area contributed by atoms with Crippen molar-refractivity contribution in [2.75, 3.05) is 36.9 Å². The quantitative estimate of drug-likeness (QED) is 0.927. The van der Waals surface area contributed by atoms with Gasteiger partial charge in [0, 0.05) is 25.2 Å². The zero-order valence-corrected chi connectivity index (χ0v) is 11.9. The molecule has 0 atom stereocenters. The fourth-order valence-corrected chi connectivity index (χ4v) is 2.71. The molecule has 3 heterocycles. The van der Waals surface area contributed by atoms with Crippen molar-refractivity contribution >= 4 is 11.5 Å². The lowest BCUT2D eigenvalue weighted by Crippen LogP contribution is -2.36. The SMILES string of the molecule is Nc1ncc(N2CCOCC2)cc1-n1cnc(C2CC2)c1. The highest BCUT2D eigenvalue weighted by Gasteiger charge is 2.26. The molecule has 0 aromatic carbocycles. The van der Waals surface area contributed by atoms with Gasteiger partial charge in [0.2, 0.25) is 0 Å². The van der Waals surface area contributed by atoms with Gasteiger partial charge in [0.15, 0.2) is 0 Å². The van der Waals surface area contributed by atoms with E-state index < -0.39 is 0 Å². The predicted octanol–water partition coefficient (Wildman–Crippen LogP) is 1.56. The molecule has 2 aromatic rings. The number of nitrogens with zero attached hydrogens (tertiary/aromatic N) is 4. The second kappa shape index (κ2) is 5.04. The van der Waals surface area contributed by atoms with Crippen molar-refractivity contribution in [3.8, 4) is 5.69 Å². The lowest BCUT2D eigenvalue weighted by Gasteiger charge is -2.29. The Kier molecular flexibility index (Phi) is 3.03. The number of nitrogen functional groups attached to an aromatic ring is 1. The van der Waals surface area contributed by atoms with Crippen LogP contribution in [-0.4, -0.2) is 40.8 Å². The minimum atomic E-state index is 0.534. The third kappa shape index (κ3) is 2.47. The van der Waals surface area contributed by atoms with E-state index in [0.717, 1.165) is 43.4 Å². The summed E-state index contributed by atoms with van der Waals surface area (Å²) < 4.78 is 7.38. The summed E-state index contributed by atoms with van der Waals surface area (Å²) in [5.74, 6) is 1.18. The van der Waals surface area contributed by atoms with Crippen molar-refractivity contribution in [2.45, 2.75) is 18.8 Å². The van der Waals surface area contributed by atoms with Crippen LogP contribution in [0.2, 0.25) is 0 Å². The molecule has 0 radical (unpaired) electrons. The number of hydrogen-bond acceptors (Lipinski definition) is 5. The highest BCUT2D eigenvalue weighted by molar-refractivity contribution is 5.61. The van der Waals surface area contributed by atoms with Crippen molar-refractivity contribution in [2.24, 2.45) is 0 Å². The molecule has 110 valence electrons. The average Bonchev–Trinajstić information content (AvgIpc) is 3.27. The molecule has 1 saturated carbocycles. The number of ether oxygens (including phenoxy) is 1. The van der Waals surface area contributed by atoms with Gasteiger partial charge >= 0.3 is 0 Å². The van der Waals surface area contributed by atoms with Gasteiger partial charge in [0.1, 0.15) is 5.82 Å². The van der Waals surface area contributed by atoms with Crippen LogP contribution in [0.3, 0.4) is 0 Å². The number of imidazole rings is 1. The largest absolute Gasteiger partial charge is 0.382 e. The van der Waals surface area contributed by atoms with Crippen LogP contribution in [0.15, 0.2) is 24.8 Å². The number of hydrogen-bond donors (Lipinski definition) is 1. The first-order valence-electron chi connectivity index (χ1n) is 7.44. The fourth-order valence-electron chi connectivity index (χ4n) is 2.71. The summed E-state index contributed by atoms with van der Waals surface area (Å²) in [6.45, 7) is 3.30. The molecule has 1 aliphatic heterocycles. The van der Waals surface area contributed by atoms with Crippen molar-refractivity contribution in [1.29, 1.82) is 0 Å². The topological polar surface area (TPSA) is 69.2 Å². The van der Waals surface area contributed by atoms with Gasteiger partial charge < -0.3 is 19.9 Å². The number of morpholine rings is 1. The summed E-state index contributed by atoms with van der Waals surface area (Å²) in [6.07, 6.45) is 8.25. The summed E-state index contributed by atoms with van der Waals surface area (Å²) in [5, 5.41) is 0. The van der Waals surface area contributed by atoms with E-state index in [2.05, 4.69) is 27.1 Å². The Morgan fingerprint density at radius 3 is 2.76 bits per heavy atom. The molecular weight excluding hydrogens is 266 g/mol. The normalized spacial score (nSPS) is 19.0. The zero-order chi connectivity index (χ0) is 14.2. The van der Waals surface area contributed by atoms with Gasteiger partial charge in [-0.25, -0.2) is 9.97 Å². The molecule has 0 unspecified atom stereocenters. The molecular formula is C15H19N5O. The maximum absolute atomic E-state index is 6.05. The van der Waals surface area contributed by atoms with E-state index in [1.165, 1.54) is 12.8 Å². The van der Waals surface area contributed by atoms with Crippen LogP contribution in [0.25, 0.3) is 5.69 Å². The molecule has 6 nitrogen and oxygen atoms in total. The van der Waals surface area contributed by atoms with Crippen molar-refractivity contribution in [1.82, 2.24) is 14.5 Å². The monoisotopic (exact) mass is 285 g/mol. The van der Waals surface area contributed by atoms with Gasteiger partial charge in [0.05, 0.1) is 42.8 Å². The van der Waals surface area contributed by atoms with Crippen molar-refractivity contribution < 1.29 is 4.74 Å². The van der Waals surface area contributed by atoms with E-state index in [1.54, 1.807) is 0 Å². The van der Waals surface area contributed by atoms with Crippen molar-refractivity contribution in [3.63, 3.8) is 0 Å². The van der Waals surface area contributed by atoms with Gasteiger partial charge in [-0.3, -0.25) is 0 Å². The van der Waals surface area contributed by atoms with Gasteiger partial charge in [0.25, 0.3) is 0 Å². The van der Waals surface area contributed by atoms with Crippen LogP contribution in [0, 0.1) is 0 Å². The molecule has 1 saturated heterocycles. The van der Waals surface area contributed by atoms with E-state index in [0.29, 0.717) is 11.7 Å². The number of nitrogens with two attached hydrogens (primary N) is 1. The van der Waals surface area contributed by atoms with Crippen LogP contribution < -0.4 is 10.6 Å². The van der Waals surface area contributed by atoms with Gasteiger partial charge in [-0.1, -0.05) is 0 Å². The van der Waals surface area contributed by atoms with Crippen LogP contribution in [-0.2, 0) is 4.74 Å². The third-order valence-electron chi connectivity index (χ3n) is 4.14. The molecule has 2 aromatic heterocycles. The highest BCUT2D eigenvalue weighted by atomic mass is 16.5. The maximum atomic E-state index is 6.05. The molecule has 6 heteroatoms. The van der Waals surface area contributed by atoms with Crippen LogP contribution in [0.5, 0.6) is 0 Å².